The van der Waals surface area contributed by atoms with Crippen molar-refractivity contribution in [2.24, 2.45) is 11.0 Å². The molecule has 0 atom stereocenters. The van der Waals surface area contributed by atoms with Crippen molar-refractivity contribution in [3.05, 3.63) is 78.2 Å². The molecule has 0 saturated carbocycles. The molecule has 2 aromatic rings. The molecule has 2 aromatic carbocycles. The van der Waals surface area contributed by atoms with E-state index in [1.807, 2.05) is 36.4 Å². The fourth-order valence-corrected chi connectivity index (χ4v) is 2.64. The molecule has 8 nitrogen and oxygen atoms in total. The Hall–Kier alpha value is -4.07. The third kappa shape index (κ3) is 3.96. The van der Waals surface area contributed by atoms with Gasteiger partial charge in [0.05, 0.1) is 5.69 Å². The zero-order valence-corrected chi connectivity index (χ0v) is 14.5. The minimum atomic E-state index is 0. The normalized spacial score (nSPS) is 12.2. The predicted octanol–water partition coefficient (Wildman–Crippen LogP) is 4.16. The highest BCUT2D eigenvalue weighted by Crippen LogP contribution is 2.28. The van der Waals surface area contributed by atoms with Gasteiger partial charge in [0.1, 0.15) is 6.34 Å². The van der Waals surface area contributed by atoms with Gasteiger partial charge < -0.3 is 22.1 Å². The number of dihydropyridines is 1. The van der Waals surface area contributed by atoms with E-state index in [1.165, 1.54) is 0 Å². The van der Waals surface area contributed by atoms with Crippen molar-refractivity contribution in [3.8, 4) is 0 Å². The third-order valence-electron chi connectivity index (χ3n) is 4.00. The maximum Gasteiger partial charge on any atom is 0.110 e. The number of hydrogen-bond donors (Lipinski definition) is 6. The van der Waals surface area contributed by atoms with Crippen LogP contribution in [0.25, 0.3) is 5.70 Å². The number of nitrogens with two attached hydrogens (primary N) is 2. The molecular formula is C19H24N8. The molecule has 0 bridgehead atoms. The molecule has 0 spiro atoms. The molecule has 0 amide bonds. The highest BCUT2D eigenvalue weighted by molar-refractivity contribution is 5.82. The quantitative estimate of drug-likeness (QED) is 0.150. The lowest BCUT2D eigenvalue weighted by Crippen LogP contribution is -2.11. The summed E-state index contributed by atoms with van der Waals surface area (Å²) in [6, 6.07) is 12.8. The number of nitrogen functional groups attached to an aromatic ring is 1. The van der Waals surface area contributed by atoms with Crippen molar-refractivity contribution in [3.63, 3.8) is 0 Å². The average Bonchev–Trinajstić information content (AvgIpc) is 2.71. The molecule has 1 aliphatic heterocycles. The summed E-state index contributed by atoms with van der Waals surface area (Å²) < 4.78 is 0. The smallest absolute Gasteiger partial charge is 0.110 e. The Balaban J connectivity index is 0.00000210. The van der Waals surface area contributed by atoms with Gasteiger partial charge in [-0.25, -0.2) is 5.01 Å². The molecule has 0 fully saturated rings. The van der Waals surface area contributed by atoms with E-state index in [2.05, 4.69) is 15.9 Å². The number of nitrogens with zero attached hydrogens (tertiary/aromatic N) is 2. The molecule has 3 rings (SSSR count). The van der Waals surface area contributed by atoms with Crippen LogP contribution in [-0.2, 0) is 0 Å². The van der Waals surface area contributed by atoms with Crippen molar-refractivity contribution in [1.29, 1.82) is 10.9 Å². The molecule has 8 N–H and O–H groups in total. The summed E-state index contributed by atoms with van der Waals surface area (Å²) in [5.41, 5.74) is 24.5. The Morgan fingerprint density at radius 3 is 2.59 bits per heavy atom. The molecule has 1 aliphatic rings. The van der Waals surface area contributed by atoms with E-state index < -0.39 is 0 Å². The molecule has 140 valence electrons. The summed E-state index contributed by atoms with van der Waals surface area (Å²) in [5.74, 6) is 0. The Kier molecular flexibility index (Phi) is 5.17. The molecule has 27 heavy (non-hydrogen) atoms. The van der Waals surface area contributed by atoms with Crippen LogP contribution in [-0.4, -0.2) is 6.34 Å². The minimum Gasteiger partial charge on any atom is -0.398 e. The van der Waals surface area contributed by atoms with Gasteiger partial charge in [-0.1, -0.05) is 11.3 Å². The number of allylic oxidation sites excluding steroid dienone is 3. The first-order chi connectivity index (χ1) is 13.1. The first kappa shape index (κ1) is 17.7. The second-order valence-electron chi connectivity index (χ2n) is 5.75. The van der Waals surface area contributed by atoms with Crippen molar-refractivity contribution < 1.29 is 2.85 Å². The van der Waals surface area contributed by atoms with E-state index in [1.54, 1.807) is 30.6 Å². The zero-order chi connectivity index (χ0) is 19.2. The molecule has 0 aromatic heterocycles. The highest BCUT2D eigenvalue weighted by Gasteiger charge is 2.09. The average molecular weight is 364 g/mol. The van der Waals surface area contributed by atoms with E-state index in [-0.39, 0.29) is 2.85 Å². The largest absolute Gasteiger partial charge is 0.398 e. The maximum absolute atomic E-state index is 7.30. The highest BCUT2D eigenvalue weighted by atomic mass is 15.5. The third-order valence-corrected chi connectivity index (χ3v) is 4.00. The van der Waals surface area contributed by atoms with Crippen molar-refractivity contribution in [2.45, 2.75) is 0 Å². The standard InChI is InChI=1S/C19H20N8.2H2/c20-12-27(26-23)16-3-1-2-14(10-16)25-15-4-5-18(21)17(11-15)19(22)13-6-8-24-9-7-13;;/h1-12,20,23-25H,21-22H2;2*1H. The number of rotatable bonds is 6. The number of nitrogens with one attached hydrogen (secondary N) is 4. The van der Waals surface area contributed by atoms with Crippen LogP contribution >= 0.6 is 0 Å². The monoisotopic (exact) mass is 364 g/mol. The Labute approximate surface area is 159 Å². The Morgan fingerprint density at radius 2 is 1.89 bits per heavy atom. The van der Waals surface area contributed by atoms with Gasteiger partial charge in [0.25, 0.3) is 0 Å². The summed E-state index contributed by atoms with van der Waals surface area (Å²) in [4.78, 5) is 0. The van der Waals surface area contributed by atoms with Gasteiger partial charge in [0.2, 0.25) is 0 Å². The van der Waals surface area contributed by atoms with Crippen molar-refractivity contribution in [1.82, 2.24) is 5.32 Å². The molecule has 1 heterocycles. The van der Waals surface area contributed by atoms with Crippen LogP contribution in [0.5, 0.6) is 0 Å². The van der Waals surface area contributed by atoms with E-state index >= 15 is 0 Å². The predicted molar refractivity (Wildman–Crippen MR) is 114 cm³/mol. The lowest BCUT2D eigenvalue weighted by Gasteiger charge is -2.15. The van der Waals surface area contributed by atoms with E-state index in [0.29, 0.717) is 17.1 Å². The van der Waals surface area contributed by atoms with Crippen LogP contribution < -0.4 is 27.1 Å². The Morgan fingerprint density at radius 1 is 1.15 bits per heavy atom. The molecule has 0 aliphatic carbocycles. The summed E-state index contributed by atoms with van der Waals surface area (Å²) in [7, 11) is 0. The topological polar surface area (TPSA) is 139 Å². The molecule has 0 saturated heterocycles. The first-order valence-corrected chi connectivity index (χ1v) is 8.15. The fourth-order valence-electron chi connectivity index (χ4n) is 2.64. The van der Waals surface area contributed by atoms with Crippen LogP contribution in [0.3, 0.4) is 0 Å². The van der Waals surface area contributed by atoms with Crippen LogP contribution in [0.1, 0.15) is 8.42 Å². The van der Waals surface area contributed by atoms with E-state index in [0.717, 1.165) is 33.9 Å². The van der Waals surface area contributed by atoms with Crippen LogP contribution in [0.2, 0.25) is 0 Å². The minimum absolute atomic E-state index is 0. The van der Waals surface area contributed by atoms with Crippen LogP contribution in [0.4, 0.5) is 22.7 Å². The van der Waals surface area contributed by atoms with Gasteiger partial charge in [-0.2, -0.15) is 5.53 Å². The maximum atomic E-state index is 7.30. The van der Waals surface area contributed by atoms with Gasteiger partial charge in [0.15, 0.2) is 0 Å². The van der Waals surface area contributed by atoms with Gasteiger partial charge in [0, 0.05) is 49.1 Å². The SMILES string of the molecule is N=CN(N=N)c1cccc(Nc2ccc(N)c(C(N)=C3C=CNC=C3)c2)c1.[HH].[HH]. The number of hydrogen-bond acceptors (Lipinski definition) is 7. The van der Waals surface area contributed by atoms with E-state index in [4.69, 9.17) is 22.4 Å². The van der Waals surface area contributed by atoms with Gasteiger partial charge in [-0.05, 0) is 48.6 Å². The van der Waals surface area contributed by atoms with Gasteiger partial charge in [-0.15, -0.1) is 0 Å². The Bertz CT molecular complexity index is 946. The lowest BCUT2D eigenvalue weighted by atomic mass is 10.0. The van der Waals surface area contributed by atoms with E-state index in [9.17, 15) is 0 Å². The van der Waals surface area contributed by atoms with Gasteiger partial charge in [-0.3, -0.25) is 5.41 Å². The van der Waals surface area contributed by atoms with Crippen LogP contribution in [0.15, 0.2) is 77.8 Å². The molecule has 8 heteroatoms. The number of anilines is 4. The van der Waals surface area contributed by atoms with Crippen molar-refractivity contribution >= 4 is 34.8 Å². The summed E-state index contributed by atoms with van der Waals surface area (Å²) >= 11 is 0. The summed E-state index contributed by atoms with van der Waals surface area (Å²) in [6.07, 6.45) is 8.35. The second-order valence-corrected chi connectivity index (χ2v) is 5.75. The summed E-state index contributed by atoms with van der Waals surface area (Å²) in [6.45, 7) is 0. The molecular weight excluding hydrogens is 340 g/mol. The summed E-state index contributed by atoms with van der Waals surface area (Å²) in [5, 5.41) is 18.0. The first-order valence-electron chi connectivity index (χ1n) is 8.15. The number of benzene rings is 2. The van der Waals surface area contributed by atoms with Crippen LogP contribution in [0, 0.1) is 10.9 Å². The zero-order valence-electron chi connectivity index (χ0n) is 14.5. The van der Waals surface area contributed by atoms with Gasteiger partial charge >= 0.3 is 0 Å². The lowest BCUT2D eigenvalue weighted by molar-refractivity contribution is 0.953. The fraction of sp³-hybridized carbons (Fsp3) is 0. The van der Waals surface area contributed by atoms with Crippen molar-refractivity contribution in [2.75, 3.05) is 16.1 Å². The molecule has 0 radical (unpaired) electrons. The molecule has 0 unspecified atom stereocenters. The second kappa shape index (κ2) is 7.87.